The zero-order chi connectivity index (χ0) is 18.1. The van der Waals surface area contributed by atoms with Gasteiger partial charge in [0.1, 0.15) is 12.4 Å². The lowest BCUT2D eigenvalue weighted by molar-refractivity contribution is 0.0977. The van der Waals surface area contributed by atoms with Crippen molar-refractivity contribution in [2.24, 2.45) is 0 Å². The Kier molecular flexibility index (Phi) is 7.84. The predicted molar refractivity (Wildman–Crippen MR) is 106 cm³/mol. The predicted octanol–water partition coefficient (Wildman–Crippen LogP) is 3.99. The molecule has 0 aliphatic rings. The molecule has 5 nitrogen and oxygen atoms in total. The van der Waals surface area contributed by atoms with Crippen LogP contribution in [-0.2, 0) is 4.74 Å². The number of carbonyl (C=O) groups excluding carboxylic acids is 1. The Morgan fingerprint density at radius 1 is 1.16 bits per heavy atom. The number of hydrogen-bond acceptors (Lipinski definition) is 4. The fraction of sp³-hybridized carbons (Fsp3) is 0.222. The molecule has 132 valence electrons. The fourth-order valence-corrected chi connectivity index (χ4v) is 2.57. The van der Waals surface area contributed by atoms with Gasteiger partial charge < -0.3 is 14.8 Å². The Balaban J connectivity index is 1.83. The number of nitrogens with one attached hydrogen (secondary N) is 2. The van der Waals surface area contributed by atoms with E-state index < -0.39 is 0 Å². The Morgan fingerprint density at radius 2 is 1.92 bits per heavy atom. The first kappa shape index (κ1) is 19.4. The molecular weight excluding hydrogens is 404 g/mol. The second kappa shape index (κ2) is 10.1. The van der Waals surface area contributed by atoms with Crippen molar-refractivity contribution in [1.29, 1.82) is 0 Å². The standard InChI is InChI=1S/C18H19BrN2O3S/c1-2-23-10-11-24-16-8-6-15(7-9-16)20-18(25)21-17(22)13-4-3-5-14(19)12-13/h3-9,12H,2,10-11H2,1H3,(H2,20,21,22,25). The first-order valence-electron chi connectivity index (χ1n) is 7.77. The lowest BCUT2D eigenvalue weighted by Crippen LogP contribution is -2.34. The molecule has 0 radical (unpaired) electrons. The van der Waals surface area contributed by atoms with E-state index >= 15 is 0 Å². The van der Waals surface area contributed by atoms with Crippen LogP contribution in [0, 0.1) is 0 Å². The Bertz CT molecular complexity index is 723. The van der Waals surface area contributed by atoms with E-state index in [2.05, 4.69) is 26.6 Å². The highest BCUT2D eigenvalue weighted by Gasteiger charge is 2.08. The minimum atomic E-state index is -0.269. The first-order chi connectivity index (χ1) is 12.1. The van der Waals surface area contributed by atoms with Gasteiger partial charge in [-0.1, -0.05) is 22.0 Å². The summed E-state index contributed by atoms with van der Waals surface area (Å²) in [4.78, 5) is 12.1. The molecule has 2 aromatic rings. The van der Waals surface area contributed by atoms with Gasteiger partial charge in [-0.3, -0.25) is 10.1 Å². The summed E-state index contributed by atoms with van der Waals surface area (Å²) >= 11 is 8.51. The van der Waals surface area contributed by atoms with Crippen LogP contribution in [-0.4, -0.2) is 30.8 Å². The molecular formula is C18H19BrN2O3S. The summed E-state index contributed by atoms with van der Waals surface area (Å²) in [5, 5.41) is 5.85. The van der Waals surface area contributed by atoms with E-state index in [1.165, 1.54) is 0 Å². The molecule has 0 spiro atoms. The molecule has 2 N–H and O–H groups in total. The highest BCUT2D eigenvalue weighted by Crippen LogP contribution is 2.16. The zero-order valence-electron chi connectivity index (χ0n) is 13.8. The van der Waals surface area contributed by atoms with Crippen LogP contribution >= 0.6 is 28.1 Å². The first-order valence-corrected chi connectivity index (χ1v) is 8.97. The van der Waals surface area contributed by atoms with Crippen molar-refractivity contribution in [3.63, 3.8) is 0 Å². The van der Waals surface area contributed by atoms with Crippen molar-refractivity contribution in [3.8, 4) is 5.75 Å². The van der Waals surface area contributed by atoms with E-state index in [4.69, 9.17) is 21.7 Å². The van der Waals surface area contributed by atoms with Crippen molar-refractivity contribution in [2.45, 2.75) is 6.92 Å². The molecule has 0 atom stereocenters. The van der Waals surface area contributed by atoms with E-state index in [9.17, 15) is 4.79 Å². The quantitative estimate of drug-likeness (QED) is 0.521. The summed E-state index contributed by atoms with van der Waals surface area (Å²) < 4.78 is 11.6. The van der Waals surface area contributed by atoms with Crippen molar-refractivity contribution in [2.75, 3.05) is 25.1 Å². The third-order valence-electron chi connectivity index (χ3n) is 3.13. The molecule has 0 aromatic heterocycles. The minimum Gasteiger partial charge on any atom is -0.491 e. The summed E-state index contributed by atoms with van der Waals surface area (Å²) in [6.45, 7) is 3.68. The van der Waals surface area contributed by atoms with Crippen molar-refractivity contribution < 1.29 is 14.3 Å². The second-order valence-corrected chi connectivity index (χ2v) is 6.31. The van der Waals surface area contributed by atoms with Gasteiger partial charge in [-0.05, 0) is 61.6 Å². The van der Waals surface area contributed by atoms with Crippen LogP contribution in [0.5, 0.6) is 5.75 Å². The molecule has 0 aliphatic heterocycles. The van der Waals surface area contributed by atoms with Crippen LogP contribution in [0.3, 0.4) is 0 Å². The summed E-state index contributed by atoms with van der Waals surface area (Å²) in [7, 11) is 0. The Hall–Kier alpha value is -1.96. The maximum absolute atomic E-state index is 12.1. The monoisotopic (exact) mass is 422 g/mol. The minimum absolute atomic E-state index is 0.231. The van der Waals surface area contributed by atoms with Gasteiger partial charge in [0, 0.05) is 22.3 Å². The number of carbonyl (C=O) groups is 1. The number of thiocarbonyl (C=S) groups is 1. The number of halogens is 1. The Labute approximate surface area is 160 Å². The van der Waals surface area contributed by atoms with Crippen molar-refractivity contribution >= 4 is 44.9 Å². The van der Waals surface area contributed by atoms with Crippen LogP contribution in [0.25, 0.3) is 0 Å². The summed E-state index contributed by atoms with van der Waals surface area (Å²) in [5.74, 6) is 0.476. The number of benzene rings is 2. The van der Waals surface area contributed by atoms with Gasteiger partial charge in [-0.25, -0.2) is 0 Å². The van der Waals surface area contributed by atoms with Gasteiger partial charge >= 0.3 is 0 Å². The molecule has 0 saturated carbocycles. The van der Waals surface area contributed by atoms with Gasteiger partial charge in [0.05, 0.1) is 6.61 Å². The van der Waals surface area contributed by atoms with Crippen LogP contribution in [0.2, 0.25) is 0 Å². The van der Waals surface area contributed by atoms with E-state index in [1.807, 2.05) is 37.3 Å². The molecule has 0 heterocycles. The number of ether oxygens (including phenoxy) is 2. The summed E-state index contributed by atoms with van der Waals surface area (Å²) in [6, 6.07) is 14.4. The third kappa shape index (κ3) is 6.81. The van der Waals surface area contributed by atoms with E-state index in [0.29, 0.717) is 25.4 Å². The highest BCUT2D eigenvalue weighted by molar-refractivity contribution is 9.10. The molecule has 25 heavy (non-hydrogen) atoms. The molecule has 0 aliphatic carbocycles. The second-order valence-electron chi connectivity index (χ2n) is 4.99. The van der Waals surface area contributed by atoms with Gasteiger partial charge in [0.2, 0.25) is 0 Å². The lowest BCUT2D eigenvalue weighted by atomic mass is 10.2. The van der Waals surface area contributed by atoms with Crippen LogP contribution < -0.4 is 15.4 Å². The van der Waals surface area contributed by atoms with Gasteiger partial charge in [-0.2, -0.15) is 0 Å². The maximum Gasteiger partial charge on any atom is 0.257 e. The van der Waals surface area contributed by atoms with Crippen molar-refractivity contribution in [1.82, 2.24) is 5.32 Å². The SMILES string of the molecule is CCOCCOc1ccc(NC(=S)NC(=O)c2cccc(Br)c2)cc1. The zero-order valence-corrected chi connectivity index (χ0v) is 16.2. The third-order valence-corrected chi connectivity index (χ3v) is 3.82. The number of rotatable bonds is 7. The van der Waals surface area contributed by atoms with Crippen LogP contribution in [0.15, 0.2) is 53.0 Å². The number of hydrogen-bond donors (Lipinski definition) is 2. The van der Waals surface area contributed by atoms with E-state index in [0.717, 1.165) is 15.9 Å². The highest BCUT2D eigenvalue weighted by atomic mass is 79.9. The average molecular weight is 423 g/mol. The molecule has 2 aromatic carbocycles. The van der Waals surface area contributed by atoms with Crippen LogP contribution in [0.4, 0.5) is 5.69 Å². The molecule has 7 heteroatoms. The van der Waals surface area contributed by atoms with Crippen LogP contribution in [0.1, 0.15) is 17.3 Å². The smallest absolute Gasteiger partial charge is 0.257 e. The fourth-order valence-electron chi connectivity index (χ4n) is 1.96. The van der Waals surface area contributed by atoms with Gasteiger partial charge in [0.15, 0.2) is 5.11 Å². The van der Waals surface area contributed by atoms with E-state index in [-0.39, 0.29) is 11.0 Å². The maximum atomic E-state index is 12.1. The Morgan fingerprint density at radius 3 is 2.60 bits per heavy atom. The average Bonchev–Trinajstić information content (AvgIpc) is 2.60. The molecule has 0 bridgehead atoms. The molecule has 0 unspecified atom stereocenters. The topological polar surface area (TPSA) is 59.6 Å². The van der Waals surface area contributed by atoms with E-state index in [1.54, 1.807) is 18.2 Å². The molecule has 2 rings (SSSR count). The number of amides is 1. The van der Waals surface area contributed by atoms with Gasteiger partial charge in [0.25, 0.3) is 5.91 Å². The normalized spacial score (nSPS) is 10.2. The molecule has 0 saturated heterocycles. The lowest BCUT2D eigenvalue weighted by Gasteiger charge is -2.11. The number of anilines is 1. The molecule has 0 fully saturated rings. The summed E-state index contributed by atoms with van der Waals surface area (Å²) in [5.41, 5.74) is 1.29. The van der Waals surface area contributed by atoms with Gasteiger partial charge in [-0.15, -0.1) is 0 Å². The summed E-state index contributed by atoms with van der Waals surface area (Å²) in [6.07, 6.45) is 0. The van der Waals surface area contributed by atoms with Crippen molar-refractivity contribution in [3.05, 3.63) is 58.6 Å². The largest absolute Gasteiger partial charge is 0.491 e. The molecule has 1 amide bonds.